The van der Waals surface area contributed by atoms with Gasteiger partial charge in [-0.3, -0.25) is 9.59 Å². The van der Waals surface area contributed by atoms with Gasteiger partial charge in [0.05, 0.1) is 24.0 Å². The molecule has 1 aliphatic rings. The van der Waals surface area contributed by atoms with Crippen molar-refractivity contribution < 1.29 is 22.8 Å². The average Bonchev–Trinajstić information content (AvgIpc) is 3.58. The van der Waals surface area contributed by atoms with Gasteiger partial charge >= 0.3 is 6.08 Å². The van der Waals surface area contributed by atoms with Crippen LogP contribution in [0.1, 0.15) is 27.4 Å². The fourth-order valence-electron chi connectivity index (χ4n) is 3.00. The summed E-state index contributed by atoms with van der Waals surface area (Å²) >= 11 is 0. The molecule has 1 aliphatic carbocycles. The number of aryl methyl sites for hydroxylation is 1. The Hall–Kier alpha value is -4.09. The van der Waals surface area contributed by atoms with Gasteiger partial charge in [0.1, 0.15) is 0 Å². The fourth-order valence-corrected chi connectivity index (χ4v) is 3.00. The number of nitrogens with one attached hydrogen (secondary N) is 3. The van der Waals surface area contributed by atoms with E-state index in [1.807, 2.05) is 5.32 Å². The third-order valence-electron chi connectivity index (χ3n) is 4.76. The van der Waals surface area contributed by atoms with Crippen LogP contribution in [0.2, 0.25) is 0 Å². The van der Waals surface area contributed by atoms with Crippen molar-refractivity contribution in [3.05, 3.63) is 36.0 Å². The molecule has 4 rings (SSSR count). The van der Waals surface area contributed by atoms with Crippen LogP contribution in [0.15, 0.2) is 24.3 Å². The molecular weight excluding hydrogens is 419 g/mol. The lowest BCUT2D eigenvalue weighted by molar-refractivity contribution is -0.117. The molecule has 0 unspecified atom stereocenters. The van der Waals surface area contributed by atoms with Crippen LogP contribution < -0.4 is 20.7 Å². The molecule has 3 aromatic rings. The predicted molar refractivity (Wildman–Crippen MR) is 113 cm³/mol. The summed E-state index contributed by atoms with van der Waals surface area (Å²) in [6.07, 6.45) is 0.754. The summed E-state index contributed by atoms with van der Waals surface area (Å²) in [5.74, 6) is -0.985. The number of anilines is 3. The molecule has 32 heavy (non-hydrogen) atoms. The summed E-state index contributed by atoms with van der Waals surface area (Å²) in [6, 6.07) is 6.20. The number of methoxy groups -OCH3 is 1. The number of hydrogen-bond acceptors (Lipinski definition) is 8. The minimum Gasteiger partial charge on any atom is -0.494 e. The molecule has 2 aromatic heterocycles. The Labute approximate surface area is 186 Å². The van der Waals surface area contributed by atoms with Crippen LogP contribution in [0.25, 0.3) is 11.4 Å². The molecule has 0 spiro atoms. The maximum absolute atomic E-state index is 13.8. The highest BCUT2D eigenvalue weighted by Crippen LogP contribution is 2.37. The van der Waals surface area contributed by atoms with Crippen LogP contribution in [0.4, 0.5) is 21.6 Å². The molecule has 3 N–H and O–H groups in total. The zero-order valence-corrected chi connectivity index (χ0v) is 17.1. The van der Waals surface area contributed by atoms with E-state index in [-0.39, 0.29) is 40.6 Å². The van der Waals surface area contributed by atoms with Crippen LogP contribution >= 0.6 is 0 Å². The third-order valence-corrected chi connectivity index (χ3v) is 4.76. The lowest BCUT2D eigenvalue weighted by Crippen LogP contribution is -2.22. The van der Waals surface area contributed by atoms with Crippen molar-refractivity contribution in [3.63, 3.8) is 0 Å². The van der Waals surface area contributed by atoms with Crippen molar-refractivity contribution in [1.82, 2.24) is 30.3 Å². The Bertz CT molecular complexity index is 1270. The van der Waals surface area contributed by atoms with E-state index >= 15 is 0 Å². The topological polar surface area (TPSA) is 136 Å². The van der Waals surface area contributed by atoms with E-state index in [4.69, 9.17) is 8.85 Å². The number of carbonyl (C=O) groups is 2. The monoisotopic (exact) mass is 443 g/mol. The molecular formula is C20H21FN8O3. The van der Waals surface area contributed by atoms with Gasteiger partial charge in [0.2, 0.25) is 5.91 Å². The Kier molecular flexibility index (Phi) is 4.71. The van der Waals surface area contributed by atoms with Crippen molar-refractivity contribution in [3.8, 4) is 17.1 Å². The van der Waals surface area contributed by atoms with Crippen molar-refractivity contribution in [2.75, 3.05) is 24.7 Å². The zero-order chi connectivity index (χ0) is 25.3. The SMILES string of the molecule is [2H]C([2H])([2H])NC(=O)c1nnc(NC(=O)C2CC2)cc1Nc1cccc(-c2nc(F)n(C)n2)c1OC. The highest BCUT2D eigenvalue weighted by Gasteiger charge is 2.30. The Morgan fingerprint density at radius 3 is 2.75 bits per heavy atom. The summed E-state index contributed by atoms with van der Waals surface area (Å²) in [4.78, 5) is 28.5. The van der Waals surface area contributed by atoms with Crippen LogP contribution in [0.3, 0.4) is 0 Å². The minimum absolute atomic E-state index is 0.0449. The molecule has 1 saturated carbocycles. The highest BCUT2D eigenvalue weighted by molar-refractivity contribution is 6.00. The van der Waals surface area contributed by atoms with Crippen molar-refractivity contribution in [2.24, 2.45) is 13.0 Å². The molecule has 0 saturated heterocycles. The second-order valence-corrected chi connectivity index (χ2v) is 7.05. The van der Waals surface area contributed by atoms with Gasteiger partial charge in [0, 0.05) is 30.1 Å². The van der Waals surface area contributed by atoms with E-state index in [0.29, 0.717) is 11.3 Å². The molecule has 1 aromatic carbocycles. The van der Waals surface area contributed by atoms with E-state index in [2.05, 4.69) is 30.9 Å². The number of halogens is 1. The summed E-state index contributed by atoms with van der Waals surface area (Å²) in [7, 11) is 2.79. The highest BCUT2D eigenvalue weighted by atomic mass is 19.1. The second-order valence-electron chi connectivity index (χ2n) is 7.05. The largest absolute Gasteiger partial charge is 0.494 e. The van der Waals surface area contributed by atoms with Crippen molar-refractivity contribution in [2.45, 2.75) is 12.8 Å². The quantitative estimate of drug-likeness (QED) is 0.504. The van der Waals surface area contributed by atoms with Crippen LogP contribution in [-0.2, 0) is 11.8 Å². The number of ether oxygens (including phenoxy) is 1. The first-order valence-corrected chi connectivity index (χ1v) is 9.57. The fraction of sp³-hybridized carbons (Fsp3) is 0.300. The Balaban J connectivity index is 1.73. The standard InChI is InChI=1S/C20H21FN8O3/c1-22-19(31)15-13(9-14(26-27-15)24-18(30)10-7-8-10)23-12-6-4-5-11(16(12)32-3)17-25-20(21)29(2)28-17/h4-6,9-10H,7-8H2,1-3H3,(H,22,31)(H2,23,24,26,30)/i1D3. The number of amides is 2. The second kappa shape index (κ2) is 8.57. The lowest BCUT2D eigenvalue weighted by atomic mass is 10.1. The van der Waals surface area contributed by atoms with E-state index < -0.39 is 19.0 Å². The first kappa shape index (κ1) is 17.6. The number of para-hydroxylation sites is 1. The number of benzene rings is 1. The molecule has 12 heteroatoms. The summed E-state index contributed by atoms with van der Waals surface area (Å²) < 4.78 is 42.2. The molecule has 1 fully saturated rings. The number of carbonyl (C=O) groups excluding carboxylic acids is 2. The summed E-state index contributed by atoms with van der Waals surface area (Å²) in [5.41, 5.74) is 0.381. The van der Waals surface area contributed by atoms with Gasteiger partial charge in [0.25, 0.3) is 5.91 Å². The van der Waals surface area contributed by atoms with Crippen LogP contribution in [0, 0.1) is 12.0 Å². The lowest BCUT2D eigenvalue weighted by Gasteiger charge is -2.16. The van der Waals surface area contributed by atoms with E-state index in [1.165, 1.54) is 20.2 Å². The van der Waals surface area contributed by atoms with Crippen molar-refractivity contribution >= 4 is 29.0 Å². The number of hydrogen-bond donors (Lipinski definition) is 3. The maximum Gasteiger partial charge on any atom is 0.307 e. The Morgan fingerprint density at radius 2 is 2.09 bits per heavy atom. The average molecular weight is 443 g/mol. The van der Waals surface area contributed by atoms with Gasteiger partial charge in [-0.2, -0.15) is 9.37 Å². The maximum atomic E-state index is 13.8. The first-order valence-electron chi connectivity index (χ1n) is 11.1. The van der Waals surface area contributed by atoms with Gasteiger partial charge in [-0.05, 0) is 25.0 Å². The first-order chi connectivity index (χ1) is 16.6. The van der Waals surface area contributed by atoms with Crippen LogP contribution in [0.5, 0.6) is 5.75 Å². The smallest absolute Gasteiger partial charge is 0.307 e. The molecule has 11 nitrogen and oxygen atoms in total. The van der Waals surface area contributed by atoms with Gasteiger partial charge in [-0.15, -0.1) is 15.3 Å². The van der Waals surface area contributed by atoms with Gasteiger partial charge < -0.3 is 20.7 Å². The zero-order valence-electron chi connectivity index (χ0n) is 20.1. The van der Waals surface area contributed by atoms with Gasteiger partial charge in [-0.1, -0.05) is 6.07 Å². The van der Waals surface area contributed by atoms with Crippen LogP contribution in [-0.4, -0.2) is 50.9 Å². The third kappa shape index (κ3) is 4.19. The molecule has 0 aliphatic heterocycles. The van der Waals surface area contributed by atoms with Gasteiger partial charge in [0.15, 0.2) is 23.1 Å². The summed E-state index contributed by atoms with van der Waals surface area (Å²) in [6.45, 7) is -2.76. The van der Waals surface area contributed by atoms with E-state index in [1.54, 1.807) is 18.2 Å². The molecule has 166 valence electrons. The Morgan fingerprint density at radius 1 is 1.28 bits per heavy atom. The molecule has 0 radical (unpaired) electrons. The molecule has 0 atom stereocenters. The van der Waals surface area contributed by atoms with E-state index in [0.717, 1.165) is 17.5 Å². The van der Waals surface area contributed by atoms with Crippen molar-refractivity contribution in [1.29, 1.82) is 0 Å². The number of aromatic nitrogens is 5. The number of nitrogens with zero attached hydrogens (tertiary/aromatic N) is 5. The normalized spacial score (nSPS) is 14.7. The number of rotatable bonds is 7. The van der Waals surface area contributed by atoms with E-state index in [9.17, 15) is 14.0 Å². The molecule has 2 heterocycles. The summed E-state index contributed by atoms with van der Waals surface area (Å²) in [5, 5.41) is 19.2. The van der Waals surface area contributed by atoms with Gasteiger partial charge in [-0.25, -0.2) is 4.68 Å². The predicted octanol–water partition coefficient (Wildman–Crippen LogP) is 1.87. The molecule has 2 amide bonds. The molecule has 0 bridgehead atoms. The minimum atomic E-state index is -2.76.